The Bertz CT molecular complexity index is 1860. The quantitative estimate of drug-likeness (QED) is 0.160. The fraction of sp³-hybridized carbons (Fsp3) is 0.161. The second-order valence-corrected chi connectivity index (χ2v) is 10.5. The van der Waals surface area contributed by atoms with Crippen molar-refractivity contribution >= 4 is 40.8 Å². The zero-order valence-electron chi connectivity index (χ0n) is 24.4. The molecule has 3 aromatic carbocycles. The van der Waals surface area contributed by atoms with Gasteiger partial charge in [0.05, 0.1) is 24.8 Å². The summed E-state index contributed by atoms with van der Waals surface area (Å²) in [6, 6.07) is 16.2. The van der Waals surface area contributed by atoms with E-state index < -0.39 is 23.7 Å². The van der Waals surface area contributed by atoms with E-state index >= 15 is 0 Å². The highest BCUT2D eigenvalue weighted by atomic mass is 35.5. The minimum absolute atomic E-state index is 0.0522. The summed E-state index contributed by atoms with van der Waals surface area (Å²) in [7, 11) is 1.50. The lowest BCUT2D eigenvalue weighted by molar-refractivity contribution is -0.754. The summed E-state index contributed by atoms with van der Waals surface area (Å²) in [6.07, 6.45) is -1.72. The van der Waals surface area contributed by atoms with Crippen LogP contribution in [0.25, 0.3) is 11.1 Å². The number of nitrogens with one attached hydrogen (secondary N) is 3. The molecule has 0 spiro atoms. The summed E-state index contributed by atoms with van der Waals surface area (Å²) in [4.78, 5) is 33.6. The zero-order valence-corrected chi connectivity index (χ0v) is 25.1. The third-order valence-electron chi connectivity index (χ3n) is 6.58. The lowest BCUT2D eigenvalue weighted by Crippen LogP contribution is -2.35. The fourth-order valence-corrected chi connectivity index (χ4v) is 4.54. The first-order valence-corrected chi connectivity index (χ1v) is 14.0. The molecule has 0 saturated carbocycles. The Labute approximate surface area is 265 Å². The molecule has 3 N–H and O–H groups in total. The summed E-state index contributed by atoms with van der Waals surface area (Å²) in [6.45, 7) is 2.16. The average Bonchev–Trinajstić information content (AvgIpc) is 3.44. The number of ether oxygens (including phenoxy) is 1. The number of nitrogens with zero attached hydrogens (tertiary/aromatic N) is 4. The van der Waals surface area contributed by atoms with Gasteiger partial charge in [-0.25, -0.2) is 9.78 Å². The lowest BCUT2D eigenvalue weighted by atomic mass is 10.0. The number of hydrogen-bond acceptors (Lipinski definition) is 7. The molecule has 0 aliphatic heterocycles. The fourth-order valence-electron chi connectivity index (χ4n) is 4.42. The van der Waals surface area contributed by atoms with E-state index in [1.54, 1.807) is 30.5 Å². The van der Waals surface area contributed by atoms with Crippen molar-refractivity contribution in [2.24, 2.45) is 0 Å². The van der Waals surface area contributed by atoms with Gasteiger partial charge in [0.25, 0.3) is 6.20 Å². The van der Waals surface area contributed by atoms with Crippen molar-refractivity contribution in [3.05, 3.63) is 107 Å². The van der Waals surface area contributed by atoms with Gasteiger partial charge in [0, 0.05) is 33.7 Å². The topological polar surface area (TPSA) is 135 Å². The third-order valence-corrected chi connectivity index (χ3v) is 6.83. The van der Waals surface area contributed by atoms with Crippen molar-refractivity contribution in [3.63, 3.8) is 0 Å². The molecule has 3 amide bonds. The molecule has 5 aromatic rings. The predicted molar refractivity (Wildman–Crippen MR) is 162 cm³/mol. The van der Waals surface area contributed by atoms with E-state index in [1.165, 1.54) is 24.1 Å². The maximum absolute atomic E-state index is 13.6. The Kier molecular flexibility index (Phi) is 9.47. The van der Waals surface area contributed by atoms with Crippen LogP contribution in [0.2, 0.25) is 5.02 Å². The monoisotopic (exact) mass is 652 g/mol. The number of alkyl halides is 3. The van der Waals surface area contributed by atoms with Crippen molar-refractivity contribution in [1.29, 1.82) is 0 Å². The minimum Gasteiger partial charge on any atom is -0.467 e. The number of anilines is 3. The van der Waals surface area contributed by atoms with Gasteiger partial charge < -0.3 is 15.4 Å². The van der Waals surface area contributed by atoms with Gasteiger partial charge in [-0.15, -0.1) is 0 Å². The Balaban J connectivity index is 1.21. The van der Waals surface area contributed by atoms with E-state index in [1.807, 2.05) is 31.2 Å². The van der Waals surface area contributed by atoms with E-state index in [0.29, 0.717) is 17.1 Å². The average molecular weight is 653 g/mol. The van der Waals surface area contributed by atoms with Gasteiger partial charge >= 0.3 is 24.1 Å². The highest BCUT2D eigenvalue weighted by molar-refractivity contribution is 6.30. The molecule has 0 aliphatic carbocycles. The first kappa shape index (κ1) is 31.9. The molecule has 15 heteroatoms. The van der Waals surface area contributed by atoms with Crippen LogP contribution in [0.4, 0.5) is 35.2 Å². The van der Waals surface area contributed by atoms with Gasteiger partial charge in [-0.05, 0) is 53.1 Å². The summed E-state index contributed by atoms with van der Waals surface area (Å²) in [5.74, 6) is -0.605. The molecule has 46 heavy (non-hydrogen) atoms. The molecule has 0 radical (unpaired) electrons. The van der Waals surface area contributed by atoms with Crippen LogP contribution >= 0.6 is 11.6 Å². The molecule has 11 nitrogen and oxygen atoms in total. The van der Waals surface area contributed by atoms with Crippen molar-refractivity contribution in [3.8, 4) is 17.1 Å². The molecule has 0 atom stereocenters. The molecule has 0 aliphatic rings. The largest absolute Gasteiger partial charge is 0.467 e. The molecular weight excluding hydrogens is 627 g/mol. The van der Waals surface area contributed by atoms with Crippen LogP contribution in [0.15, 0.2) is 83.6 Å². The van der Waals surface area contributed by atoms with Gasteiger partial charge in [0.1, 0.15) is 0 Å². The second-order valence-electron chi connectivity index (χ2n) is 10.0. The molecule has 0 saturated heterocycles. The van der Waals surface area contributed by atoms with Crippen LogP contribution in [-0.4, -0.2) is 34.3 Å². The van der Waals surface area contributed by atoms with E-state index in [-0.39, 0.29) is 29.7 Å². The number of aromatic nitrogens is 4. The number of aryl methyl sites for hydroxylation is 1. The molecule has 0 fully saturated rings. The van der Waals surface area contributed by atoms with Gasteiger partial charge in [0.15, 0.2) is 0 Å². The number of carbonyl (C=O) groups excluding carboxylic acids is 2. The van der Waals surface area contributed by atoms with Crippen LogP contribution in [0, 0.1) is 6.92 Å². The summed E-state index contributed by atoms with van der Waals surface area (Å²) in [5, 5.41) is 11.5. The molecule has 2 heterocycles. The Morgan fingerprint density at radius 3 is 2.28 bits per heavy atom. The first-order valence-electron chi connectivity index (χ1n) is 13.6. The number of hydrogen-bond donors (Lipinski definition) is 3. The first-order chi connectivity index (χ1) is 21.9. The van der Waals surface area contributed by atoms with Gasteiger partial charge in [-0.1, -0.05) is 48.0 Å². The number of methoxy groups -OCH3 is 1. The molecule has 0 unspecified atom stereocenters. The standard InChI is InChI=1S/C31H25ClF3N7O4/c1-18-26(15-36-30(37-18)45-2)21-7-3-20(4-8-21)16-42-17-28(46-41-42)40-29(44)39-25-13-22(31(33,34)35)12-24(14-25)38-27(43)11-19-5-9-23(32)10-6-19/h3-10,12-15,17H,11,16H2,1-2H3,(H2-,38,39,40,41,43,44)/p+1. The number of benzene rings is 3. The number of urea groups is 1. The summed E-state index contributed by atoms with van der Waals surface area (Å²) in [5.41, 5.74) is 2.59. The van der Waals surface area contributed by atoms with Crippen molar-refractivity contribution in [2.45, 2.75) is 26.1 Å². The Morgan fingerprint density at radius 1 is 0.957 bits per heavy atom. The molecule has 5 rings (SSSR count). The van der Waals surface area contributed by atoms with E-state index in [2.05, 4.69) is 31.2 Å². The van der Waals surface area contributed by atoms with E-state index in [9.17, 15) is 22.8 Å². The van der Waals surface area contributed by atoms with Gasteiger partial charge in [-0.2, -0.15) is 18.2 Å². The third kappa shape index (κ3) is 8.35. The van der Waals surface area contributed by atoms with Crippen LogP contribution in [0.5, 0.6) is 6.01 Å². The zero-order chi connectivity index (χ0) is 32.8. The van der Waals surface area contributed by atoms with Gasteiger partial charge in [-0.3, -0.25) is 14.6 Å². The molecule has 236 valence electrons. The summed E-state index contributed by atoms with van der Waals surface area (Å²) < 4.78 is 52.5. The minimum atomic E-state index is -4.74. The Hall–Kier alpha value is -5.50. The maximum atomic E-state index is 13.6. The maximum Gasteiger partial charge on any atom is 0.416 e. The van der Waals surface area contributed by atoms with Crippen LogP contribution in [-0.2, 0) is 23.9 Å². The van der Waals surface area contributed by atoms with Gasteiger partial charge in [0.2, 0.25) is 17.7 Å². The van der Waals surface area contributed by atoms with Crippen molar-refractivity contribution in [2.75, 3.05) is 23.1 Å². The number of halogens is 4. The number of amides is 3. The van der Waals surface area contributed by atoms with Crippen LogP contribution < -0.4 is 25.4 Å². The normalized spacial score (nSPS) is 11.2. The summed E-state index contributed by atoms with van der Waals surface area (Å²) >= 11 is 5.85. The van der Waals surface area contributed by atoms with Crippen LogP contribution in [0.1, 0.15) is 22.4 Å². The second kappa shape index (κ2) is 13.6. The van der Waals surface area contributed by atoms with Crippen molar-refractivity contribution in [1.82, 2.24) is 15.2 Å². The SMILES string of the molecule is COc1ncc(-c2ccc(C[n+]3cc(NC(=O)Nc4cc(NC(=O)Cc5ccc(Cl)cc5)cc(C(F)(F)F)c4)on3)cc2)c(C)n1. The Morgan fingerprint density at radius 2 is 1.63 bits per heavy atom. The predicted octanol–water partition coefficient (Wildman–Crippen LogP) is 6.28. The molecule has 0 bridgehead atoms. The molecular formula is C31H26ClF3N7O4+. The smallest absolute Gasteiger partial charge is 0.416 e. The van der Waals surface area contributed by atoms with Crippen LogP contribution in [0.3, 0.4) is 0 Å². The van der Waals surface area contributed by atoms with E-state index in [0.717, 1.165) is 34.5 Å². The van der Waals surface area contributed by atoms with Crippen molar-refractivity contribution < 1.29 is 36.7 Å². The highest BCUT2D eigenvalue weighted by Gasteiger charge is 2.31. The number of rotatable bonds is 9. The lowest BCUT2D eigenvalue weighted by Gasteiger charge is -2.14. The molecule has 2 aromatic heterocycles. The number of carbonyl (C=O) groups is 2. The highest BCUT2D eigenvalue weighted by Crippen LogP contribution is 2.33. The van der Waals surface area contributed by atoms with E-state index in [4.69, 9.17) is 20.9 Å².